The molecule has 1 aromatic rings. The first-order valence-corrected chi connectivity index (χ1v) is 5.70. The molecule has 6 heteroatoms. The van der Waals surface area contributed by atoms with E-state index < -0.39 is 23.9 Å². The number of carboxylic acid groups (broad SMARTS) is 1. The standard InChI is InChI=1S/C12H17NO5/c1-3-17-12(16)10-5-4-8(18-10)6-9(7(2)13)11(14)15/h4-5,7,9H,3,6,13H2,1-2H3,(H,14,15). The Morgan fingerprint density at radius 1 is 1.50 bits per heavy atom. The van der Waals surface area contributed by atoms with Gasteiger partial charge in [-0.2, -0.15) is 0 Å². The molecule has 2 atom stereocenters. The van der Waals surface area contributed by atoms with Crippen LogP contribution in [0.5, 0.6) is 0 Å². The highest BCUT2D eigenvalue weighted by molar-refractivity contribution is 5.86. The molecule has 0 aliphatic carbocycles. The molecule has 100 valence electrons. The van der Waals surface area contributed by atoms with Crippen molar-refractivity contribution in [3.05, 3.63) is 23.7 Å². The molecule has 0 radical (unpaired) electrons. The fraction of sp³-hybridized carbons (Fsp3) is 0.500. The Hall–Kier alpha value is -1.82. The number of hydrogen-bond acceptors (Lipinski definition) is 5. The normalized spacial score (nSPS) is 13.9. The molecule has 1 aromatic heterocycles. The van der Waals surface area contributed by atoms with Crippen molar-refractivity contribution < 1.29 is 23.8 Å². The topological polar surface area (TPSA) is 103 Å². The summed E-state index contributed by atoms with van der Waals surface area (Å²) in [5.41, 5.74) is 5.59. The molecule has 0 aromatic carbocycles. The van der Waals surface area contributed by atoms with Crippen LogP contribution >= 0.6 is 0 Å². The highest BCUT2D eigenvalue weighted by Crippen LogP contribution is 2.16. The molecule has 1 rings (SSSR count). The second-order valence-electron chi connectivity index (χ2n) is 3.99. The maximum atomic E-state index is 11.4. The van der Waals surface area contributed by atoms with Crippen LogP contribution in [0.3, 0.4) is 0 Å². The van der Waals surface area contributed by atoms with Crippen molar-refractivity contribution in [3.63, 3.8) is 0 Å². The van der Waals surface area contributed by atoms with E-state index in [0.29, 0.717) is 5.76 Å². The summed E-state index contributed by atoms with van der Waals surface area (Å²) in [5, 5.41) is 8.99. The second kappa shape index (κ2) is 6.20. The molecule has 18 heavy (non-hydrogen) atoms. The molecule has 0 saturated heterocycles. The first kappa shape index (κ1) is 14.2. The Balaban J connectivity index is 2.74. The van der Waals surface area contributed by atoms with E-state index in [1.807, 2.05) is 0 Å². The molecule has 0 amide bonds. The fourth-order valence-corrected chi connectivity index (χ4v) is 1.51. The van der Waals surface area contributed by atoms with Crippen LogP contribution in [0.1, 0.15) is 30.2 Å². The van der Waals surface area contributed by atoms with Gasteiger partial charge in [0.25, 0.3) is 0 Å². The van der Waals surface area contributed by atoms with E-state index in [1.165, 1.54) is 6.07 Å². The van der Waals surface area contributed by atoms with Crippen molar-refractivity contribution in [2.75, 3.05) is 6.61 Å². The third kappa shape index (κ3) is 3.59. The van der Waals surface area contributed by atoms with Gasteiger partial charge in [-0.25, -0.2) is 4.79 Å². The van der Waals surface area contributed by atoms with Crippen LogP contribution in [-0.2, 0) is 16.0 Å². The van der Waals surface area contributed by atoms with Crippen molar-refractivity contribution >= 4 is 11.9 Å². The lowest BCUT2D eigenvalue weighted by Crippen LogP contribution is -2.34. The lowest BCUT2D eigenvalue weighted by atomic mass is 9.97. The molecule has 0 saturated carbocycles. The number of hydrogen-bond donors (Lipinski definition) is 2. The van der Waals surface area contributed by atoms with Gasteiger partial charge in [0.15, 0.2) is 0 Å². The van der Waals surface area contributed by atoms with Crippen LogP contribution in [-0.4, -0.2) is 29.7 Å². The number of rotatable bonds is 6. The highest BCUT2D eigenvalue weighted by Gasteiger charge is 2.24. The maximum Gasteiger partial charge on any atom is 0.374 e. The Bertz CT molecular complexity index is 424. The maximum absolute atomic E-state index is 11.4. The molecule has 0 fully saturated rings. The molecule has 1 heterocycles. The molecule has 0 aliphatic rings. The minimum Gasteiger partial charge on any atom is -0.481 e. The van der Waals surface area contributed by atoms with Gasteiger partial charge >= 0.3 is 11.9 Å². The summed E-state index contributed by atoms with van der Waals surface area (Å²) in [4.78, 5) is 22.3. The Labute approximate surface area is 105 Å². The highest BCUT2D eigenvalue weighted by atomic mass is 16.5. The molecule has 0 bridgehead atoms. The smallest absolute Gasteiger partial charge is 0.374 e. The summed E-state index contributed by atoms with van der Waals surface area (Å²) in [6.45, 7) is 3.57. The van der Waals surface area contributed by atoms with Gasteiger partial charge < -0.3 is 20.0 Å². The fourth-order valence-electron chi connectivity index (χ4n) is 1.51. The second-order valence-corrected chi connectivity index (χ2v) is 3.99. The van der Waals surface area contributed by atoms with E-state index in [2.05, 4.69) is 0 Å². The van der Waals surface area contributed by atoms with Crippen molar-refractivity contribution in [2.24, 2.45) is 11.7 Å². The summed E-state index contributed by atoms with van der Waals surface area (Å²) < 4.78 is 10.0. The average molecular weight is 255 g/mol. The third-order valence-corrected chi connectivity index (χ3v) is 2.51. The number of nitrogens with two attached hydrogens (primary N) is 1. The van der Waals surface area contributed by atoms with Crippen LogP contribution < -0.4 is 5.73 Å². The lowest BCUT2D eigenvalue weighted by Gasteiger charge is -2.14. The first-order valence-electron chi connectivity index (χ1n) is 5.70. The number of carbonyl (C=O) groups excluding carboxylic acids is 1. The van der Waals surface area contributed by atoms with Crippen molar-refractivity contribution in [1.82, 2.24) is 0 Å². The first-order chi connectivity index (χ1) is 8.45. The average Bonchev–Trinajstić information content (AvgIpc) is 2.73. The van der Waals surface area contributed by atoms with Gasteiger partial charge in [0.1, 0.15) is 5.76 Å². The van der Waals surface area contributed by atoms with E-state index in [9.17, 15) is 9.59 Å². The van der Waals surface area contributed by atoms with E-state index >= 15 is 0 Å². The monoisotopic (exact) mass is 255 g/mol. The molecule has 3 N–H and O–H groups in total. The SMILES string of the molecule is CCOC(=O)c1ccc(CC(C(=O)O)C(C)N)o1. The van der Waals surface area contributed by atoms with Gasteiger partial charge in [-0.3, -0.25) is 4.79 Å². The minimum atomic E-state index is -0.987. The zero-order valence-corrected chi connectivity index (χ0v) is 10.4. The van der Waals surface area contributed by atoms with E-state index in [1.54, 1.807) is 19.9 Å². The van der Waals surface area contributed by atoms with Crippen LogP contribution in [0, 0.1) is 5.92 Å². The van der Waals surface area contributed by atoms with Crippen molar-refractivity contribution in [3.8, 4) is 0 Å². The number of aliphatic carboxylic acids is 1. The molecule has 6 nitrogen and oxygen atoms in total. The number of esters is 1. The molecular weight excluding hydrogens is 238 g/mol. The van der Waals surface area contributed by atoms with E-state index in [0.717, 1.165) is 0 Å². The van der Waals surface area contributed by atoms with E-state index in [4.69, 9.17) is 20.0 Å². The van der Waals surface area contributed by atoms with Gasteiger partial charge in [0.05, 0.1) is 12.5 Å². The number of carbonyl (C=O) groups is 2. The zero-order valence-electron chi connectivity index (χ0n) is 10.4. The van der Waals surface area contributed by atoms with Gasteiger partial charge in [0.2, 0.25) is 5.76 Å². The quantitative estimate of drug-likeness (QED) is 0.736. The Morgan fingerprint density at radius 3 is 2.67 bits per heavy atom. The van der Waals surface area contributed by atoms with E-state index in [-0.39, 0.29) is 18.8 Å². The molecule has 2 unspecified atom stereocenters. The van der Waals surface area contributed by atoms with Gasteiger partial charge in [0, 0.05) is 12.5 Å². The largest absolute Gasteiger partial charge is 0.481 e. The van der Waals surface area contributed by atoms with Gasteiger partial charge in [-0.05, 0) is 26.0 Å². The number of furan rings is 1. The van der Waals surface area contributed by atoms with Crippen molar-refractivity contribution in [1.29, 1.82) is 0 Å². The lowest BCUT2D eigenvalue weighted by molar-refractivity contribution is -0.142. The van der Waals surface area contributed by atoms with Crippen LogP contribution in [0.25, 0.3) is 0 Å². The van der Waals surface area contributed by atoms with Crippen LogP contribution in [0.4, 0.5) is 0 Å². The molecule has 0 spiro atoms. The Morgan fingerprint density at radius 2 is 2.17 bits per heavy atom. The van der Waals surface area contributed by atoms with Crippen molar-refractivity contribution in [2.45, 2.75) is 26.3 Å². The van der Waals surface area contributed by atoms with Crippen LogP contribution in [0.2, 0.25) is 0 Å². The molecule has 0 aliphatic heterocycles. The number of carboxylic acids is 1. The predicted molar refractivity (Wildman–Crippen MR) is 63.1 cm³/mol. The summed E-state index contributed by atoms with van der Waals surface area (Å²) in [6, 6.07) is 2.52. The molecular formula is C12H17NO5. The summed E-state index contributed by atoms with van der Waals surface area (Å²) >= 11 is 0. The Kier molecular flexibility index (Phi) is 4.91. The summed E-state index contributed by atoms with van der Waals surface area (Å²) in [6.07, 6.45) is 0.145. The minimum absolute atomic E-state index is 0.0701. The number of ether oxygens (including phenoxy) is 1. The summed E-state index contributed by atoms with van der Waals surface area (Å²) in [7, 11) is 0. The van der Waals surface area contributed by atoms with Gasteiger partial charge in [-0.15, -0.1) is 0 Å². The van der Waals surface area contributed by atoms with Gasteiger partial charge in [-0.1, -0.05) is 0 Å². The predicted octanol–water partition coefficient (Wildman–Crippen LogP) is 1.05. The zero-order chi connectivity index (χ0) is 13.7. The third-order valence-electron chi connectivity index (χ3n) is 2.51. The van der Waals surface area contributed by atoms with Crippen LogP contribution in [0.15, 0.2) is 16.5 Å². The summed E-state index contributed by atoms with van der Waals surface area (Å²) in [5.74, 6) is -1.81.